The molecular weight excluding hydrogens is 226 g/mol. The molecular formula is C15H27NO2. The third-order valence-corrected chi connectivity index (χ3v) is 4.90. The Morgan fingerprint density at radius 1 is 1.22 bits per heavy atom. The highest BCUT2D eigenvalue weighted by Gasteiger charge is 2.40. The van der Waals surface area contributed by atoms with Gasteiger partial charge in [-0.2, -0.15) is 0 Å². The largest absolute Gasteiger partial charge is 0.396 e. The van der Waals surface area contributed by atoms with E-state index in [0.29, 0.717) is 11.8 Å². The number of aliphatic hydroxyl groups excluding tert-OH is 1. The van der Waals surface area contributed by atoms with Gasteiger partial charge < -0.3 is 10.0 Å². The fraction of sp³-hybridized carbons (Fsp3) is 0.933. The highest BCUT2D eigenvalue weighted by atomic mass is 16.2. The van der Waals surface area contributed by atoms with Crippen molar-refractivity contribution in [2.24, 2.45) is 17.8 Å². The summed E-state index contributed by atoms with van der Waals surface area (Å²) in [5, 5.41) is 8.71. The van der Waals surface area contributed by atoms with E-state index in [1.165, 1.54) is 25.7 Å². The molecule has 1 N–H and O–H groups in total. The fourth-order valence-corrected chi connectivity index (χ4v) is 3.77. The molecule has 2 aliphatic rings. The molecule has 3 atom stereocenters. The second-order valence-corrected chi connectivity index (χ2v) is 6.24. The Kier molecular flexibility index (Phi) is 5.04. The molecule has 2 fully saturated rings. The average molecular weight is 253 g/mol. The second kappa shape index (κ2) is 6.55. The topological polar surface area (TPSA) is 40.5 Å². The van der Waals surface area contributed by atoms with Crippen LogP contribution in [0.1, 0.15) is 51.4 Å². The lowest BCUT2D eigenvalue weighted by molar-refractivity contribution is -0.131. The third-order valence-electron chi connectivity index (χ3n) is 4.90. The molecule has 2 rings (SSSR count). The zero-order chi connectivity index (χ0) is 13.0. The van der Waals surface area contributed by atoms with Crippen LogP contribution in [-0.2, 0) is 4.79 Å². The maximum Gasteiger partial charge on any atom is 0.222 e. The quantitative estimate of drug-likeness (QED) is 0.708. The van der Waals surface area contributed by atoms with Crippen LogP contribution in [-0.4, -0.2) is 36.1 Å². The van der Waals surface area contributed by atoms with Gasteiger partial charge in [-0.25, -0.2) is 0 Å². The Morgan fingerprint density at radius 3 is 2.67 bits per heavy atom. The van der Waals surface area contributed by atoms with Gasteiger partial charge in [0.25, 0.3) is 0 Å². The minimum Gasteiger partial charge on any atom is -0.396 e. The molecule has 18 heavy (non-hydrogen) atoms. The zero-order valence-electron chi connectivity index (χ0n) is 11.6. The van der Waals surface area contributed by atoms with Crippen LogP contribution in [0.5, 0.6) is 0 Å². The molecule has 2 bridgehead atoms. The van der Waals surface area contributed by atoms with Crippen molar-refractivity contribution in [1.29, 1.82) is 0 Å². The Hall–Kier alpha value is -0.570. The molecule has 0 radical (unpaired) electrons. The van der Waals surface area contributed by atoms with Crippen molar-refractivity contribution in [1.82, 2.24) is 4.90 Å². The number of unbranched alkanes of at least 4 members (excludes halogenated alkanes) is 2. The monoisotopic (exact) mass is 253 g/mol. The van der Waals surface area contributed by atoms with E-state index in [1.807, 2.05) is 11.9 Å². The molecule has 0 heterocycles. The lowest BCUT2D eigenvalue weighted by atomic mass is 9.86. The van der Waals surface area contributed by atoms with E-state index in [1.54, 1.807) is 0 Å². The first-order chi connectivity index (χ1) is 8.70. The summed E-state index contributed by atoms with van der Waals surface area (Å²) in [5.74, 6) is 2.79. The number of carbonyl (C=O) groups excluding carboxylic acids is 1. The molecule has 0 saturated heterocycles. The number of fused-ring (bicyclic) bond motifs is 2. The van der Waals surface area contributed by atoms with Crippen molar-refractivity contribution < 1.29 is 9.90 Å². The van der Waals surface area contributed by atoms with Gasteiger partial charge in [-0.3, -0.25) is 4.79 Å². The summed E-state index contributed by atoms with van der Waals surface area (Å²) in [6.07, 6.45) is 9.12. The summed E-state index contributed by atoms with van der Waals surface area (Å²) in [7, 11) is 1.93. The smallest absolute Gasteiger partial charge is 0.222 e. The van der Waals surface area contributed by atoms with Gasteiger partial charge >= 0.3 is 0 Å². The summed E-state index contributed by atoms with van der Waals surface area (Å²) in [6.45, 7) is 1.11. The lowest BCUT2D eigenvalue weighted by Crippen LogP contribution is -2.30. The van der Waals surface area contributed by atoms with Gasteiger partial charge in [-0.15, -0.1) is 0 Å². The van der Waals surface area contributed by atoms with Crippen molar-refractivity contribution >= 4 is 5.91 Å². The van der Waals surface area contributed by atoms with E-state index in [4.69, 9.17) is 5.11 Å². The second-order valence-electron chi connectivity index (χ2n) is 6.24. The standard InChI is InChI=1S/C15H27NO2/c1-16(7-3-2-4-8-17)15(18)11-14-10-12-5-6-13(14)9-12/h12-14,17H,2-11H2,1H3. The van der Waals surface area contributed by atoms with Crippen LogP contribution in [0.4, 0.5) is 0 Å². The van der Waals surface area contributed by atoms with Crippen LogP contribution in [0.2, 0.25) is 0 Å². The number of rotatable bonds is 7. The Balaban J connectivity index is 1.64. The Labute approximate surface area is 111 Å². The van der Waals surface area contributed by atoms with Crippen molar-refractivity contribution in [2.45, 2.75) is 51.4 Å². The number of amides is 1. The van der Waals surface area contributed by atoms with E-state index < -0.39 is 0 Å². The molecule has 3 heteroatoms. The van der Waals surface area contributed by atoms with Gasteiger partial charge in [0.1, 0.15) is 0 Å². The molecule has 104 valence electrons. The van der Waals surface area contributed by atoms with E-state index in [-0.39, 0.29) is 6.61 Å². The zero-order valence-corrected chi connectivity index (χ0v) is 11.6. The Bertz CT molecular complexity index is 280. The first-order valence-corrected chi connectivity index (χ1v) is 7.55. The minimum atomic E-state index is 0.267. The minimum absolute atomic E-state index is 0.267. The first kappa shape index (κ1) is 13.9. The lowest BCUT2D eigenvalue weighted by Gasteiger charge is -2.24. The molecule has 2 saturated carbocycles. The molecule has 0 aromatic carbocycles. The van der Waals surface area contributed by atoms with Crippen molar-refractivity contribution in [3.05, 3.63) is 0 Å². The summed E-state index contributed by atoms with van der Waals surface area (Å²) in [6, 6.07) is 0. The van der Waals surface area contributed by atoms with Crippen LogP contribution in [0.3, 0.4) is 0 Å². The predicted octanol–water partition coefficient (Wildman–Crippen LogP) is 2.43. The van der Waals surface area contributed by atoms with E-state index in [2.05, 4.69) is 0 Å². The molecule has 0 spiro atoms. The number of carbonyl (C=O) groups is 1. The molecule has 3 nitrogen and oxygen atoms in total. The van der Waals surface area contributed by atoms with Gasteiger partial charge in [0, 0.05) is 26.6 Å². The number of hydrogen-bond acceptors (Lipinski definition) is 2. The summed E-state index contributed by atoms with van der Waals surface area (Å²) >= 11 is 0. The van der Waals surface area contributed by atoms with E-state index in [9.17, 15) is 4.79 Å². The maximum absolute atomic E-state index is 12.1. The van der Waals surface area contributed by atoms with Crippen molar-refractivity contribution in [2.75, 3.05) is 20.2 Å². The molecule has 3 unspecified atom stereocenters. The van der Waals surface area contributed by atoms with Crippen molar-refractivity contribution in [3.8, 4) is 0 Å². The number of aliphatic hydroxyl groups is 1. The molecule has 2 aliphatic carbocycles. The molecule has 0 aromatic rings. The van der Waals surface area contributed by atoms with Gasteiger partial charge in [0.2, 0.25) is 5.91 Å². The van der Waals surface area contributed by atoms with Gasteiger partial charge in [0.15, 0.2) is 0 Å². The Morgan fingerprint density at radius 2 is 2.06 bits per heavy atom. The maximum atomic E-state index is 12.1. The highest BCUT2D eigenvalue weighted by molar-refractivity contribution is 5.76. The normalized spacial score (nSPS) is 29.8. The average Bonchev–Trinajstić information content (AvgIpc) is 2.96. The summed E-state index contributed by atoms with van der Waals surface area (Å²) < 4.78 is 0. The number of hydrogen-bond donors (Lipinski definition) is 1. The van der Waals surface area contributed by atoms with Gasteiger partial charge in [-0.05, 0) is 56.3 Å². The van der Waals surface area contributed by atoms with Gasteiger partial charge in [0.05, 0.1) is 0 Å². The number of nitrogens with zero attached hydrogens (tertiary/aromatic N) is 1. The summed E-state index contributed by atoms with van der Waals surface area (Å²) in [4.78, 5) is 14.0. The van der Waals surface area contributed by atoms with E-state index >= 15 is 0 Å². The predicted molar refractivity (Wildman–Crippen MR) is 72.1 cm³/mol. The van der Waals surface area contributed by atoms with E-state index in [0.717, 1.165) is 44.1 Å². The van der Waals surface area contributed by atoms with Gasteiger partial charge in [-0.1, -0.05) is 6.42 Å². The fourth-order valence-electron chi connectivity index (χ4n) is 3.77. The van der Waals surface area contributed by atoms with Crippen LogP contribution in [0.25, 0.3) is 0 Å². The van der Waals surface area contributed by atoms with Crippen LogP contribution < -0.4 is 0 Å². The molecule has 0 aliphatic heterocycles. The summed E-state index contributed by atoms with van der Waals surface area (Å²) in [5.41, 5.74) is 0. The van der Waals surface area contributed by atoms with Crippen LogP contribution >= 0.6 is 0 Å². The highest BCUT2D eigenvalue weighted by Crippen LogP contribution is 2.49. The molecule has 1 amide bonds. The third kappa shape index (κ3) is 3.47. The van der Waals surface area contributed by atoms with Crippen LogP contribution in [0, 0.1) is 17.8 Å². The van der Waals surface area contributed by atoms with Crippen LogP contribution in [0.15, 0.2) is 0 Å². The first-order valence-electron chi connectivity index (χ1n) is 7.55. The van der Waals surface area contributed by atoms with Crippen molar-refractivity contribution in [3.63, 3.8) is 0 Å². The SMILES string of the molecule is CN(CCCCCO)C(=O)CC1CC2CCC1C2. The molecule has 0 aromatic heterocycles.